The second kappa shape index (κ2) is 11.0. The van der Waals surface area contributed by atoms with Crippen molar-refractivity contribution in [1.82, 2.24) is 9.88 Å². The molecule has 0 saturated carbocycles. The third kappa shape index (κ3) is 5.20. The Hall–Kier alpha value is -3.31. The summed E-state index contributed by atoms with van der Waals surface area (Å²) in [5, 5.41) is 1.71. The molecule has 1 atom stereocenters. The van der Waals surface area contributed by atoms with Crippen LogP contribution in [0.1, 0.15) is 47.8 Å². The molecule has 6 heteroatoms. The number of H-pyrrole nitrogens is 1. The first-order valence-corrected chi connectivity index (χ1v) is 12.3. The van der Waals surface area contributed by atoms with E-state index in [2.05, 4.69) is 43.1 Å². The molecule has 1 N–H and O–H groups in total. The Morgan fingerprint density at radius 2 is 1.74 bits per heavy atom. The number of hydrogen-bond donors (Lipinski definition) is 1. The van der Waals surface area contributed by atoms with E-state index in [-0.39, 0.29) is 11.8 Å². The number of methoxy groups -OCH3 is 1. The number of carbonyl (C=O) groups is 1. The summed E-state index contributed by atoms with van der Waals surface area (Å²) < 4.78 is 19.2. The van der Waals surface area contributed by atoms with Crippen LogP contribution in [0.3, 0.4) is 0 Å². The molecular formula is C29H30ClFN2O2. The number of nitrogens with one attached hydrogen (secondary N) is 1. The molecular weight excluding hydrogens is 463 g/mol. The summed E-state index contributed by atoms with van der Waals surface area (Å²) in [6, 6.07) is 18.9. The predicted molar refractivity (Wildman–Crippen MR) is 140 cm³/mol. The molecule has 1 amide bonds. The van der Waals surface area contributed by atoms with E-state index in [4.69, 9.17) is 16.3 Å². The lowest BCUT2D eigenvalue weighted by Crippen LogP contribution is -2.35. The molecule has 0 fully saturated rings. The fourth-order valence-corrected chi connectivity index (χ4v) is 4.79. The van der Waals surface area contributed by atoms with Crippen molar-refractivity contribution in [1.29, 1.82) is 0 Å². The highest BCUT2D eigenvalue weighted by Crippen LogP contribution is 2.39. The fourth-order valence-electron chi connectivity index (χ4n) is 4.61. The summed E-state index contributed by atoms with van der Waals surface area (Å²) in [5.74, 6) is -0.266. The zero-order valence-corrected chi connectivity index (χ0v) is 21.0. The van der Waals surface area contributed by atoms with Gasteiger partial charge in [0, 0.05) is 28.2 Å². The van der Waals surface area contributed by atoms with Crippen molar-refractivity contribution in [2.45, 2.75) is 39.2 Å². The van der Waals surface area contributed by atoms with Crippen molar-refractivity contribution >= 4 is 28.9 Å². The van der Waals surface area contributed by atoms with Crippen LogP contribution in [0.5, 0.6) is 5.75 Å². The van der Waals surface area contributed by atoms with Gasteiger partial charge in [0.05, 0.1) is 13.2 Å². The van der Waals surface area contributed by atoms with E-state index in [9.17, 15) is 9.18 Å². The summed E-state index contributed by atoms with van der Waals surface area (Å²) in [6.07, 6.45) is 3.83. The zero-order valence-electron chi connectivity index (χ0n) is 20.3. The molecule has 35 heavy (non-hydrogen) atoms. The molecule has 0 bridgehead atoms. The van der Waals surface area contributed by atoms with Gasteiger partial charge in [-0.3, -0.25) is 4.79 Å². The third-order valence-corrected chi connectivity index (χ3v) is 6.83. The van der Waals surface area contributed by atoms with Crippen LogP contribution in [0.4, 0.5) is 4.39 Å². The van der Waals surface area contributed by atoms with E-state index < -0.39 is 5.82 Å². The molecule has 1 unspecified atom stereocenters. The van der Waals surface area contributed by atoms with E-state index in [1.165, 1.54) is 24.3 Å². The van der Waals surface area contributed by atoms with E-state index >= 15 is 0 Å². The number of aromatic amines is 1. The standard InChI is InChI=1S/C19H16ClFN2O2.C10H14/c1-25-17-5-2-11(8-15(17)21)19-18-13(6-7-23(19)10-24)14-9-12(20)3-4-16(14)22-18;1-3-9-5-7-10(4-2)8-6-9/h2-5,8-10,19,22H,6-7H2,1H3;5-8H,3-4H2,1-2H3. The molecule has 3 aromatic carbocycles. The van der Waals surface area contributed by atoms with Crippen LogP contribution in [0.15, 0.2) is 60.7 Å². The number of carbonyl (C=O) groups excluding carboxylic acids is 1. The van der Waals surface area contributed by atoms with E-state index in [0.717, 1.165) is 47.8 Å². The zero-order chi connectivity index (χ0) is 24.9. The van der Waals surface area contributed by atoms with E-state index in [1.807, 2.05) is 18.2 Å². The van der Waals surface area contributed by atoms with E-state index in [0.29, 0.717) is 17.1 Å². The Balaban J connectivity index is 0.000000243. The summed E-state index contributed by atoms with van der Waals surface area (Å²) in [6.45, 7) is 4.93. The molecule has 1 aliphatic heterocycles. The van der Waals surface area contributed by atoms with Crippen molar-refractivity contribution in [3.05, 3.63) is 99.5 Å². The summed E-state index contributed by atoms with van der Waals surface area (Å²) in [4.78, 5) is 16.7. The number of benzene rings is 3. The predicted octanol–water partition coefficient (Wildman–Crippen LogP) is 6.88. The lowest BCUT2D eigenvalue weighted by atomic mass is 9.92. The van der Waals surface area contributed by atoms with Gasteiger partial charge in [0.25, 0.3) is 0 Å². The van der Waals surface area contributed by atoms with Crippen molar-refractivity contribution in [2.24, 2.45) is 0 Å². The molecule has 0 saturated heterocycles. The highest BCUT2D eigenvalue weighted by atomic mass is 35.5. The molecule has 1 aliphatic rings. The molecule has 4 nitrogen and oxygen atoms in total. The molecule has 0 aliphatic carbocycles. The maximum absolute atomic E-state index is 14.2. The van der Waals surface area contributed by atoms with Crippen LogP contribution < -0.4 is 4.74 Å². The van der Waals surface area contributed by atoms with Gasteiger partial charge in [0.1, 0.15) is 0 Å². The minimum absolute atomic E-state index is 0.181. The van der Waals surface area contributed by atoms with Crippen molar-refractivity contribution in [2.75, 3.05) is 13.7 Å². The number of hydrogen-bond acceptors (Lipinski definition) is 2. The number of nitrogens with zero attached hydrogens (tertiary/aromatic N) is 1. The van der Waals surface area contributed by atoms with Crippen LogP contribution in [0, 0.1) is 5.82 Å². The van der Waals surface area contributed by atoms with Gasteiger partial charge in [-0.15, -0.1) is 0 Å². The second-order valence-electron chi connectivity index (χ2n) is 8.62. The first-order chi connectivity index (χ1) is 17.0. The van der Waals surface area contributed by atoms with Gasteiger partial charge in [-0.2, -0.15) is 0 Å². The molecule has 2 heterocycles. The molecule has 182 valence electrons. The SMILES string of the molecule is CCc1ccc(CC)cc1.COc1ccc(C2c3[nH]c4ccc(Cl)cc4c3CCN2C=O)cc1F. The highest BCUT2D eigenvalue weighted by molar-refractivity contribution is 6.31. The molecule has 0 radical (unpaired) electrons. The average molecular weight is 493 g/mol. The van der Waals surface area contributed by atoms with Crippen LogP contribution in [0.25, 0.3) is 10.9 Å². The van der Waals surface area contributed by atoms with Gasteiger partial charge in [0.2, 0.25) is 6.41 Å². The summed E-state index contributed by atoms with van der Waals surface area (Å²) in [5.41, 5.74) is 6.54. The monoisotopic (exact) mass is 492 g/mol. The number of aryl methyl sites for hydroxylation is 2. The Bertz CT molecular complexity index is 1290. The van der Waals surface area contributed by atoms with Gasteiger partial charge in [-0.1, -0.05) is 55.8 Å². The maximum atomic E-state index is 14.2. The normalized spacial score (nSPS) is 14.8. The lowest BCUT2D eigenvalue weighted by molar-refractivity contribution is -0.120. The lowest BCUT2D eigenvalue weighted by Gasteiger charge is -2.33. The van der Waals surface area contributed by atoms with Gasteiger partial charge in [-0.25, -0.2) is 4.39 Å². The maximum Gasteiger partial charge on any atom is 0.210 e. The largest absolute Gasteiger partial charge is 0.494 e. The van der Waals surface area contributed by atoms with Crippen molar-refractivity contribution in [3.63, 3.8) is 0 Å². The topological polar surface area (TPSA) is 45.3 Å². The highest BCUT2D eigenvalue weighted by Gasteiger charge is 2.31. The molecule has 5 rings (SSSR count). The quantitative estimate of drug-likeness (QED) is 0.308. The van der Waals surface area contributed by atoms with Crippen LogP contribution in [-0.4, -0.2) is 29.9 Å². The minimum Gasteiger partial charge on any atom is -0.494 e. The smallest absolute Gasteiger partial charge is 0.210 e. The fraction of sp³-hybridized carbons (Fsp3) is 0.276. The Kier molecular flexibility index (Phi) is 7.76. The number of amides is 1. The summed E-state index contributed by atoms with van der Waals surface area (Å²) >= 11 is 6.14. The number of fused-ring (bicyclic) bond motifs is 3. The first-order valence-electron chi connectivity index (χ1n) is 11.9. The van der Waals surface area contributed by atoms with Crippen LogP contribution >= 0.6 is 11.6 Å². The Morgan fingerprint density at radius 1 is 1.06 bits per heavy atom. The van der Waals surface area contributed by atoms with Gasteiger partial charge >= 0.3 is 0 Å². The number of ether oxygens (including phenoxy) is 1. The molecule has 1 aromatic heterocycles. The molecule has 0 spiro atoms. The van der Waals surface area contributed by atoms with E-state index in [1.54, 1.807) is 17.0 Å². The number of rotatable bonds is 5. The van der Waals surface area contributed by atoms with Crippen LogP contribution in [0.2, 0.25) is 5.02 Å². The third-order valence-electron chi connectivity index (χ3n) is 6.59. The second-order valence-corrected chi connectivity index (χ2v) is 9.06. The minimum atomic E-state index is -0.447. The first kappa shape index (κ1) is 24.8. The van der Waals surface area contributed by atoms with Gasteiger partial charge in [-0.05, 0) is 71.8 Å². The van der Waals surface area contributed by atoms with Crippen molar-refractivity contribution < 1.29 is 13.9 Å². The molecule has 4 aromatic rings. The number of aromatic nitrogens is 1. The Labute approximate surface area is 210 Å². The van der Waals surface area contributed by atoms with Crippen LogP contribution in [-0.2, 0) is 24.1 Å². The number of halogens is 2. The van der Waals surface area contributed by atoms with Gasteiger partial charge in [0.15, 0.2) is 11.6 Å². The summed E-state index contributed by atoms with van der Waals surface area (Å²) in [7, 11) is 1.43. The van der Waals surface area contributed by atoms with Gasteiger partial charge < -0.3 is 14.6 Å². The Morgan fingerprint density at radius 3 is 2.31 bits per heavy atom. The average Bonchev–Trinajstić information content (AvgIpc) is 3.26. The van der Waals surface area contributed by atoms with Crippen molar-refractivity contribution in [3.8, 4) is 5.75 Å².